The molecule has 5 rings (SSSR count). The summed E-state index contributed by atoms with van der Waals surface area (Å²) in [5.74, 6) is 0.0323. The Balaban J connectivity index is 1.47. The van der Waals surface area contributed by atoms with Crippen molar-refractivity contribution < 1.29 is 52.6 Å². The summed E-state index contributed by atoms with van der Waals surface area (Å²) in [6.07, 6.45) is 9.98. The second-order valence-electron chi connectivity index (χ2n) is 13.1. The van der Waals surface area contributed by atoms with Gasteiger partial charge in [0.15, 0.2) is 29.6 Å². The Kier molecular flexibility index (Phi) is 13.8. The predicted octanol–water partition coefficient (Wildman–Crippen LogP) is 7.06. The SMILES string of the molecule is COc1ccc(CCC(OC(=O)C2=CCCCN2C(=O)C(c2cc(OC)c(OC)c(OC)c2)C2C=CCCC2)c2cccc(OCC(=O)O)c2)cc1OC. The molecule has 3 atom stereocenters. The van der Waals surface area contributed by atoms with Gasteiger partial charge in [0.25, 0.3) is 0 Å². The molecule has 0 fully saturated rings. The molecule has 12 heteroatoms. The molecule has 0 saturated carbocycles. The molecule has 1 aliphatic carbocycles. The highest BCUT2D eigenvalue weighted by molar-refractivity contribution is 5.96. The summed E-state index contributed by atoms with van der Waals surface area (Å²) >= 11 is 0. The highest BCUT2D eigenvalue weighted by Gasteiger charge is 2.38. The number of aryl methyl sites for hydroxylation is 1. The van der Waals surface area contributed by atoms with Gasteiger partial charge in [-0.25, -0.2) is 9.59 Å². The van der Waals surface area contributed by atoms with Gasteiger partial charge in [0, 0.05) is 6.54 Å². The lowest BCUT2D eigenvalue weighted by Gasteiger charge is -2.35. The molecule has 3 aromatic rings. The Morgan fingerprint density at radius 1 is 0.815 bits per heavy atom. The molecule has 1 amide bonds. The average molecular weight is 744 g/mol. The summed E-state index contributed by atoms with van der Waals surface area (Å²) < 4.78 is 39.5. The highest BCUT2D eigenvalue weighted by atomic mass is 16.5. The maximum atomic E-state index is 14.9. The number of carboxylic acid groups (broad SMARTS) is 1. The zero-order valence-corrected chi connectivity index (χ0v) is 31.5. The Morgan fingerprint density at radius 2 is 1.56 bits per heavy atom. The zero-order chi connectivity index (χ0) is 38.6. The fraction of sp³-hybridized carbons (Fsp3) is 0.405. The van der Waals surface area contributed by atoms with Crippen LogP contribution in [0.4, 0.5) is 0 Å². The molecule has 3 unspecified atom stereocenters. The van der Waals surface area contributed by atoms with Crippen molar-refractivity contribution in [1.82, 2.24) is 4.90 Å². The lowest BCUT2D eigenvalue weighted by atomic mass is 9.79. The molecule has 0 bridgehead atoms. The van der Waals surface area contributed by atoms with Gasteiger partial charge in [0.1, 0.15) is 17.6 Å². The molecule has 0 saturated heterocycles. The molecule has 0 aromatic heterocycles. The predicted molar refractivity (Wildman–Crippen MR) is 201 cm³/mol. The summed E-state index contributed by atoms with van der Waals surface area (Å²) in [6, 6.07) is 16.1. The average Bonchev–Trinajstić information content (AvgIpc) is 3.21. The van der Waals surface area contributed by atoms with Gasteiger partial charge < -0.3 is 43.2 Å². The second-order valence-corrected chi connectivity index (χ2v) is 13.1. The van der Waals surface area contributed by atoms with E-state index in [-0.39, 0.29) is 17.5 Å². The first-order chi connectivity index (χ1) is 26.2. The van der Waals surface area contributed by atoms with Gasteiger partial charge in [-0.05, 0) is 104 Å². The van der Waals surface area contributed by atoms with Crippen LogP contribution in [0.15, 0.2) is 78.5 Å². The van der Waals surface area contributed by atoms with Gasteiger partial charge in [0.2, 0.25) is 11.7 Å². The third-order valence-corrected chi connectivity index (χ3v) is 9.71. The Hall–Kier alpha value is -5.65. The first kappa shape index (κ1) is 39.6. The van der Waals surface area contributed by atoms with E-state index in [9.17, 15) is 19.5 Å². The van der Waals surface area contributed by atoms with E-state index in [2.05, 4.69) is 12.2 Å². The third-order valence-electron chi connectivity index (χ3n) is 9.71. The fourth-order valence-corrected chi connectivity index (χ4v) is 7.05. The molecular formula is C42H49NO11. The summed E-state index contributed by atoms with van der Waals surface area (Å²) in [7, 11) is 7.74. The van der Waals surface area contributed by atoms with E-state index < -0.39 is 30.6 Å². The molecule has 3 aromatic carbocycles. The van der Waals surface area contributed by atoms with Crippen molar-refractivity contribution in [1.29, 1.82) is 0 Å². The van der Waals surface area contributed by atoms with Crippen molar-refractivity contribution in [3.05, 3.63) is 95.2 Å². The molecular weight excluding hydrogens is 694 g/mol. The van der Waals surface area contributed by atoms with Crippen LogP contribution in [0, 0.1) is 5.92 Å². The number of benzene rings is 3. The van der Waals surface area contributed by atoms with Crippen molar-refractivity contribution >= 4 is 17.8 Å². The van der Waals surface area contributed by atoms with Crippen LogP contribution in [-0.2, 0) is 25.5 Å². The van der Waals surface area contributed by atoms with Crippen molar-refractivity contribution in [3.63, 3.8) is 0 Å². The largest absolute Gasteiger partial charge is 0.493 e. The lowest BCUT2D eigenvalue weighted by Crippen LogP contribution is -2.42. The Bertz CT molecular complexity index is 1830. The van der Waals surface area contributed by atoms with Crippen molar-refractivity contribution in [3.8, 4) is 34.5 Å². The highest BCUT2D eigenvalue weighted by Crippen LogP contribution is 2.44. The minimum Gasteiger partial charge on any atom is -0.493 e. The molecule has 1 heterocycles. The lowest BCUT2D eigenvalue weighted by molar-refractivity contribution is -0.150. The minimum atomic E-state index is -1.11. The summed E-state index contributed by atoms with van der Waals surface area (Å²) in [5.41, 5.74) is 2.41. The van der Waals surface area contributed by atoms with Crippen LogP contribution in [0.3, 0.4) is 0 Å². The molecule has 2 aliphatic rings. The Morgan fingerprint density at radius 3 is 2.20 bits per heavy atom. The third kappa shape index (κ3) is 9.47. The summed E-state index contributed by atoms with van der Waals surface area (Å²) in [5, 5.41) is 9.17. The number of allylic oxidation sites excluding steroid dienone is 3. The Labute approximate surface area is 316 Å². The molecule has 0 spiro atoms. The smallest absolute Gasteiger partial charge is 0.355 e. The van der Waals surface area contributed by atoms with E-state index in [0.717, 1.165) is 24.8 Å². The second kappa shape index (κ2) is 18.9. The number of hydrogen-bond donors (Lipinski definition) is 1. The standard InChI is InChI=1S/C42H49NO11/c1-48-34-20-18-27(22-35(34)49-2)17-19-33(29-14-11-15-31(23-29)53-26-38(44)45)54-42(47)32-16-9-10-21-43(32)41(46)39(28-12-7-6-8-13-28)30-24-36(50-3)40(52-5)37(25-30)51-4/h7,11-12,14-16,18,20,22-25,28,33,39H,6,8-10,13,17,19,21,26H2,1-5H3,(H,44,45). The first-order valence-electron chi connectivity index (χ1n) is 18.1. The maximum Gasteiger partial charge on any atom is 0.355 e. The van der Waals surface area contributed by atoms with E-state index in [1.165, 1.54) is 21.3 Å². The van der Waals surface area contributed by atoms with Gasteiger partial charge in [-0.3, -0.25) is 4.79 Å². The maximum absolute atomic E-state index is 14.9. The number of carbonyl (C=O) groups is 3. The summed E-state index contributed by atoms with van der Waals surface area (Å²) in [4.78, 5) is 41.9. The van der Waals surface area contributed by atoms with Gasteiger partial charge in [-0.1, -0.05) is 36.4 Å². The number of aliphatic carboxylic acids is 1. The molecule has 54 heavy (non-hydrogen) atoms. The zero-order valence-electron chi connectivity index (χ0n) is 31.5. The topological polar surface area (TPSA) is 139 Å². The number of methoxy groups -OCH3 is 5. The van der Waals surface area contributed by atoms with Crippen LogP contribution in [0.5, 0.6) is 34.5 Å². The van der Waals surface area contributed by atoms with Crippen molar-refractivity contribution in [2.24, 2.45) is 5.92 Å². The number of carbonyl (C=O) groups excluding carboxylic acids is 2. The summed E-state index contributed by atoms with van der Waals surface area (Å²) in [6.45, 7) is -0.182. The molecule has 12 nitrogen and oxygen atoms in total. The van der Waals surface area contributed by atoms with Crippen LogP contribution in [0.1, 0.15) is 67.2 Å². The van der Waals surface area contributed by atoms with E-state index in [0.29, 0.717) is 77.9 Å². The number of ether oxygens (including phenoxy) is 7. The van der Waals surface area contributed by atoms with Gasteiger partial charge >= 0.3 is 11.9 Å². The van der Waals surface area contributed by atoms with Crippen LogP contribution in [0.25, 0.3) is 0 Å². The van der Waals surface area contributed by atoms with Crippen LogP contribution >= 0.6 is 0 Å². The monoisotopic (exact) mass is 743 g/mol. The van der Waals surface area contributed by atoms with E-state index in [4.69, 9.17) is 33.2 Å². The van der Waals surface area contributed by atoms with Crippen molar-refractivity contribution in [2.75, 3.05) is 48.7 Å². The quantitative estimate of drug-likeness (QED) is 0.112. The van der Waals surface area contributed by atoms with Gasteiger partial charge in [-0.15, -0.1) is 0 Å². The van der Waals surface area contributed by atoms with E-state index in [1.54, 1.807) is 49.5 Å². The molecule has 0 radical (unpaired) electrons. The molecule has 1 N–H and O–H groups in total. The number of nitrogens with zero attached hydrogens (tertiary/aromatic N) is 1. The van der Waals surface area contributed by atoms with Gasteiger partial charge in [-0.2, -0.15) is 0 Å². The molecule has 288 valence electrons. The fourth-order valence-electron chi connectivity index (χ4n) is 7.05. The number of amides is 1. The minimum absolute atomic E-state index is 0.129. The number of rotatable bonds is 17. The number of esters is 1. The number of hydrogen-bond acceptors (Lipinski definition) is 10. The van der Waals surface area contributed by atoms with Crippen LogP contribution in [0.2, 0.25) is 0 Å². The molecule has 1 aliphatic heterocycles. The van der Waals surface area contributed by atoms with Gasteiger partial charge in [0.05, 0.1) is 41.5 Å². The van der Waals surface area contributed by atoms with Crippen LogP contribution < -0.4 is 28.4 Å². The first-order valence-corrected chi connectivity index (χ1v) is 18.1. The van der Waals surface area contributed by atoms with E-state index in [1.807, 2.05) is 30.3 Å². The van der Waals surface area contributed by atoms with E-state index >= 15 is 0 Å². The normalized spacial score (nSPS) is 16.4. The van der Waals surface area contributed by atoms with Crippen molar-refractivity contribution in [2.45, 2.75) is 57.0 Å². The van der Waals surface area contributed by atoms with Crippen LogP contribution in [-0.4, -0.2) is 76.6 Å². The number of carboxylic acids is 1.